The number of rotatable bonds is 7. The van der Waals surface area contributed by atoms with E-state index in [0.29, 0.717) is 19.1 Å². The van der Waals surface area contributed by atoms with Crippen LogP contribution in [0.4, 0.5) is 0 Å². The first-order chi connectivity index (χ1) is 9.90. The van der Waals surface area contributed by atoms with Crippen molar-refractivity contribution < 1.29 is 8.42 Å². The van der Waals surface area contributed by atoms with Crippen molar-refractivity contribution in [3.05, 3.63) is 11.3 Å². The molecule has 2 aliphatic rings. The molecule has 2 fully saturated rings. The number of hydrogen-bond acceptors (Lipinski definition) is 4. The summed E-state index contributed by atoms with van der Waals surface area (Å²) in [6, 6.07) is 0.539. The fourth-order valence-electron chi connectivity index (χ4n) is 2.69. The Hall–Kier alpha value is -0.920. The molecule has 6 nitrogen and oxygen atoms in total. The van der Waals surface area contributed by atoms with Crippen molar-refractivity contribution >= 4 is 10.0 Å². The molecule has 0 aliphatic heterocycles. The summed E-state index contributed by atoms with van der Waals surface area (Å²) in [7, 11) is -3.54. The molecule has 2 aliphatic carbocycles. The van der Waals surface area contributed by atoms with Crippen LogP contribution < -0.4 is 10.0 Å². The molecule has 2 saturated carbocycles. The second-order valence-corrected chi connectivity index (χ2v) is 8.46. The first-order valence-corrected chi connectivity index (χ1v) is 9.15. The summed E-state index contributed by atoms with van der Waals surface area (Å²) in [6.45, 7) is 5.05. The van der Waals surface area contributed by atoms with Gasteiger partial charge in [-0.25, -0.2) is 13.1 Å². The molecule has 3 rings (SSSR count). The molecule has 1 aromatic heterocycles. The van der Waals surface area contributed by atoms with Gasteiger partial charge in [0.25, 0.3) is 10.0 Å². The zero-order valence-corrected chi connectivity index (χ0v) is 13.5. The molecule has 0 spiro atoms. The van der Waals surface area contributed by atoms with Crippen molar-refractivity contribution in [2.45, 2.75) is 63.6 Å². The minimum atomic E-state index is -3.54. The number of aromatic amines is 1. The molecule has 118 valence electrons. The van der Waals surface area contributed by atoms with Gasteiger partial charge in [0.05, 0.1) is 0 Å². The van der Waals surface area contributed by atoms with Crippen LogP contribution in [-0.4, -0.2) is 31.2 Å². The van der Waals surface area contributed by atoms with Crippen molar-refractivity contribution in [3.63, 3.8) is 0 Å². The molecular weight excluding hydrogens is 288 g/mol. The van der Waals surface area contributed by atoms with E-state index in [9.17, 15) is 8.42 Å². The molecule has 21 heavy (non-hydrogen) atoms. The summed E-state index contributed by atoms with van der Waals surface area (Å²) >= 11 is 0. The number of H-pyrrole nitrogens is 1. The van der Waals surface area contributed by atoms with Crippen LogP contribution in [0.3, 0.4) is 0 Å². The minimum absolute atomic E-state index is 0.116. The van der Waals surface area contributed by atoms with Gasteiger partial charge in [-0.2, -0.15) is 5.10 Å². The third kappa shape index (κ3) is 3.30. The summed E-state index contributed by atoms with van der Waals surface area (Å²) in [5.41, 5.74) is 1.69. The Balaban J connectivity index is 1.71. The highest BCUT2D eigenvalue weighted by atomic mass is 32.2. The highest BCUT2D eigenvalue weighted by Crippen LogP contribution is 2.39. The van der Waals surface area contributed by atoms with Crippen LogP contribution >= 0.6 is 0 Å². The predicted octanol–water partition coefficient (Wildman–Crippen LogP) is 1.44. The normalized spacial score (nSPS) is 21.2. The highest BCUT2D eigenvalue weighted by molar-refractivity contribution is 7.89. The van der Waals surface area contributed by atoms with Gasteiger partial charge >= 0.3 is 0 Å². The van der Waals surface area contributed by atoms with Gasteiger partial charge in [0.2, 0.25) is 0 Å². The summed E-state index contributed by atoms with van der Waals surface area (Å²) in [6.07, 6.45) is 5.72. The van der Waals surface area contributed by atoms with E-state index in [1.54, 1.807) is 0 Å². The molecule has 1 aromatic rings. The van der Waals surface area contributed by atoms with Crippen LogP contribution in [0.5, 0.6) is 0 Å². The Morgan fingerprint density at radius 3 is 2.67 bits per heavy atom. The maximum atomic E-state index is 12.5. The quantitative estimate of drug-likeness (QED) is 0.711. The second-order valence-electron chi connectivity index (χ2n) is 6.78. The Bertz CT molecular complexity index is 615. The van der Waals surface area contributed by atoms with Gasteiger partial charge in [-0.1, -0.05) is 13.3 Å². The van der Waals surface area contributed by atoms with Gasteiger partial charge in [0.1, 0.15) is 0 Å². The lowest BCUT2D eigenvalue weighted by atomic mass is 9.71. The topological polar surface area (TPSA) is 86.9 Å². The minimum Gasteiger partial charge on any atom is -0.310 e. The fraction of sp³-hybridized carbons (Fsp3) is 0.786. The Morgan fingerprint density at radius 1 is 1.38 bits per heavy atom. The van der Waals surface area contributed by atoms with Gasteiger partial charge < -0.3 is 5.32 Å². The largest absolute Gasteiger partial charge is 0.310 e. The maximum Gasteiger partial charge on any atom is 0.260 e. The van der Waals surface area contributed by atoms with Crippen LogP contribution in [0.15, 0.2) is 5.03 Å². The zero-order valence-electron chi connectivity index (χ0n) is 12.7. The summed E-state index contributed by atoms with van der Waals surface area (Å²) in [5.74, 6) is 0. The standard InChI is InChI=1S/C14H24N4O2S/c1-10-12(8-15-11-4-5-11)13(18-17-10)21(19,20)16-9-14(2)6-3-7-14/h11,15-16H,3-9H2,1-2H3,(H,17,18). The number of aromatic nitrogens is 2. The fourth-order valence-corrected chi connectivity index (χ4v) is 4.08. The number of hydrogen-bond donors (Lipinski definition) is 3. The Labute approximate surface area is 126 Å². The van der Waals surface area contributed by atoms with Crippen LogP contribution in [-0.2, 0) is 16.6 Å². The molecule has 7 heteroatoms. The van der Waals surface area contributed by atoms with E-state index in [-0.39, 0.29) is 10.4 Å². The van der Waals surface area contributed by atoms with Crippen molar-refractivity contribution in [1.29, 1.82) is 0 Å². The Kier molecular flexibility index (Phi) is 3.83. The van der Waals surface area contributed by atoms with E-state index in [1.165, 1.54) is 19.3 Å². The van der Waals surface area contributed by atoms with E-state index in [1.807, 2.05) is 6.92 Å². The van der Waals surface area contributed by atoms with E-state index < -0.39 is 10.0 Å². The Morgan fingerprint density at radius 2 is 2.10 bits per heavy atom. The molecule has 0 bridgehead atoms. The van der Waals surface area contributed by atoms with E-state index in [0.717, 1.165) is 24.1 Å². The molecule has 0 saturated heterocycles. The monoisotopic (exact) mass is 312 g/mol. The number of nitrogens with zero attached hydrogens (tertiary/aromatic N) is 1. The van der Waals surface area contributed by atoms with Crippen LogP contribution in [0.25, 0.3) is 0 Å². The van der Waals surface area contributed by atoms with E-state index in [4.69, 9.17) is 0 Å². The molecular formula is C14H24N4O2S. The van der Waals surface area contributed by atoms with Crippen molar-refractivity contribution in [2.24, 2.45) is 5.41 Å². The summed E-state index contributed by atoms with van der Waals surface area (Å²) < 4.78 is 27.7. The molecule has 0 aromatic carbocycles. The van der Waals surface area contributed by atoms with Gasteiger partial charge in [-0.05, 0) is 38.0 Å². The number of sulfonamides is 1. The third-order valence-electron chi connectivity index (χ3n) is 4.69. The molecule has 0 unspecified atom stereocenters. The average Bonchev–Trinajstić information content (AvgIpc) is 3.15. The lowest BCUT2D eigenvalue weighted by Gasteiger charge is -2.38. The third-order valence-corrected chi connectivity index (χ3v) is 6.06. The smallest absolute Gasteiger partial charge is 0.260 e. The van der Waals surface area contributed by atoms with E-state index >= 15 is 0 Å². The lowest BCUT2D eigenvalue weighted by Crippen LogP contribution is -2.40. The average molecular weight is 312 g/mol. The molecule has 3 N–H and O–H groups in total. The summed E-state index contributed by atoms with van der Waals surface area (Å²) in [4.78, 5) is 0. The van der Waals surface area contributed by atoms with Crippen LogP contribution in [0.2, 0.25) is 0 Å². The van der Waals surface area contributed by atoms with Gasteiger partial charge in [-0.3, -0.25) is 5.10 Å². The van der Waals surface area contributed by atoms with Crippen molar-refractivity contribution in [1.82, 2.24) is 20.2 Å². The zero-order chi connectivity index (χ0) is 15.1. The van der Waals surface area contributed by atoms with Crippen molar-refractivity contribution in [2.75, 3.05) is 6.54 Å². The first-order valence-electron chi connectivity index (χ1n) is 7.67. The van der Waals surface area contributed by atoms with Crippen LogP contribution in [0.1, 0.15) is 50.3 Å². The molecule has 0 radical (unpaired) electrons. The van der Waals surface area contributed by atoms with Crippen molar-refractivity contribution in [3.8, 4) is 0 Å². The highest BCUT2D eigenvalue weighted by Gasteiger charge is 2.34. The van der Waals surface area contributed by atoms with Gasteiger partial charge in [-0.15, -0.1) is 0 Å². The number of nitrogens with one attached hydrogen (secondary N) is 3. The predicted molar refractivity (Wildman–Crippen MR) is 80.3 cm³/mol. The lowest BCUT2D eigenvalue weighted by molar-refractivity contribution is 0.166. The molecule has 0 amide bonds. The van der Waals surface area contributed by atoms with Crippen LogP contribution in [0, 0.1) is 12.3 Å². The van der Waals surface area contributed by atoms with E-state index in [2.05, 4.69) is 27.2 Å². The number of aryl methyl sites for hydroxylation is 1. The van der Waals surface area contributed by atoms with Gasteiger partial charge in [0, 0.05) is 30.4 Å². The first kappa shape index (κ1) is 15.0. The molecule has 1 heterocycles. The molecule has 0 atom stereocenters. The second kappa shape index (κ2) is 5.37. The SMILES string of the molecule is Cc1[nH]nc(S(=O)(=O)NCC2(C)CCC2)c1CNC1CC1. The summed E-state index contributed by atoms with van der Waals surface area (Å²) in [5, 5.41) is 10.3. The maximum absolute atomic E-state index is 12.5. The van der Waals surface area contributed by atoms with Gasteiger partial charge in [0.15, 0.2) is 5.03 Å².